The Bertz CT molecular complexity index is 760. The fraction of sp³-hybridized carbons (Fsp3) is 0.133. The Balaban J connectivity index is 2.35. The fourth-order valence-corrected chi connectivity index (χ4v) is 1.97. The van der Waals surface area contributed by atoms with Crippen LogP contribution in [-0.2, 0) is 6.54 Å². The molecule has 0 atom stereocenters. The number of hydrogen-bond acceptors (Lipinski definition) is 3. The van der Waals surface area contributed by atoms with Gasteiger partial charge in [-0.1, -0.05) is 12.1 Å². The molecule has 0 aliphatic heterocycles. The second-order valence-corrected chi connectivity index (χ2v) is 4.69. The molecule has 21 heavy (non-hydrogen) atoms. The number of rotatable bonds is 4. The van der Waals surface area contributed by atoms with Crippen LogP contribution in [0.5, 0.6) is 0 Å². The molecule has 0 bridgehead atoms. The predicted octanol–water partition coefficient (Wildman–Crippen LogP) is 1.00. The first-order valence-corrected chi connectivity index (χ1v) is 6.21. The molecule has 2 aromatic rings. The summed E-state index contributed by atoms with van der Waals surface area (Å²) < 4.78 is 1.67. The molecule has 1 heterocycles. The van der Waals surface area contributed by atoms with Gasteiger partial charge in [0.05, 0.1) is 0 Å². The van der Waals surface area contributed by atoms with Crippen LogP contribution in [0, 0.1) is 6.92 Å². The highest BCUT2D eigenvalue weighted by molar-refractivity contribution is 5.92. The molecule has 0 radical (unpaired) electrons. The number of primary amides is 1. The number of aromatic carboxylic acids is 1. The van der Waals surface area contributed by atoms with Crippen molar-refractivity contribution in [2.75, 3.05) is 0 Å². The summed E-state index contributed by atoms with van der Waals surface area (Å²) in [6.07, 6.45) is 1.32. The molecular formula is C15H14N2O4. The molecule has 1 amide bonds. The van der Waals surface area contributed by atoms with E-state index in [0.29, 0.717) is 17.8 Å². The van der Waals surface area contributed by atoms with Crippen molar-refractivity contribution < 1.29 is 14.7 Å². The van der Waals surface area contributed by atoms with Gasteiger partial charge in [0.15, 0.2) is 5.43 Å². The predicted molar refractivity (Wildman–Crippen MR) is 76.5 cm³/mol. The van der Waals surface area contributed by atoms with Crippen LogP contribution < -0.4 is 11.2 Å². The molecule has 2 rings (SSSR count). The zero-order chi connectivity index (χ0) is 15.6. The molecule has 0 saturated heterocycles. The van der Waals surface area contributed by atoms with E-state index >= 15 is 0 Å². The normalized spacial score (nSPS) is 10.3. The van der Waals surface area contributed by atoms with E-state index in [-0.39, 0.29) is 5.56 Å². The summed E-state index contributed by atoms with van der Waals surface area (Å²) in [5.41, 5.74) is 6.31. The van der Waals surface area contributed by atoms with Gasteiger partial charge in [-0.2, -0.15) is 0 Å². The molecule has 0 spiro atoms. The first-order valence-electron chi connectivity index (χ1n) is 6.21. The highest BCUT2D eigenvalue weighted by Crippen LogP contribution is 2.08. The van der Waals surface area contributed by atoms with Crippen molar-refractivity contribution in [2.24, 2.45) is 5.73 Å². The van der Waals surface area contributed by atoms with Crippen LogP contribution in [0.3, 0.4) is 0 Å². The lowest BCUT2D eigenvalue weighted by Crippen LogP contribution is -2.19. The average molecular weight is 286 g/mol. The van der Waals surface area contributed by atoms with Crippen molar-refractivity contribution in [3.8, 4) is 0 Å². The Kier molecular flexibility index (Phi) is 3.89. The lowest BCUT2D eigenvalue weighted by Gasteiger charge is -2.11. The maximum absolute atomic E-state index is 11.6. The molecule has 1 aromatic carbocycles. The minimum absolute atomic E-state index is 0.269. The van der Waals surface area contributed by atoms with Crippen molar-refractivity contribution in [1.82, 2.24) is 4.57 Å². The number of pyridine rings is 1. The average Bonchev–Trinajstić information content (AvgIpc) is 2.42. The highest BCUT2D eigenvalue weighted by atomic mass is 16.4. The molecule has 0 saturated carbocycles. The zero-order valence-electron chi connectivity index (χ0n) is 11.4. The third kappa shape index (κ3) is 3.17. The summed E-state index contributed by atoms with van der Waals surface area (Å²) in [7, 11) is 0. The molecule has 0 unspecified atom stereocenters. The second kappa shape index (κ2) is 5.62. The lowest BCUT2D eigenvalue weighted by atomic mass is 10.1. The summed E-state index contributed by atoms with van der Waals surface area (Å²) >= 11 is 0. The van der Waals surface area contributed by atoms with Gasteiger partial charge in [-0.3, -0.25) is 9.59 Å². The Morgan fingerprint density at radius 3 is 2.38 bits per heavy atom. The molecular weight excluding hydrogens is 272 g/mol. The molecule has 108 valence electrons. The lowest BCUT2D eigenvalue weighted by molar-refractivity contribution is 0.0694. The maximum Gasteiger partial charge on any atom is 0.341 e. The van der Waals surface area contributed by atoms with Crippen molar-refractivity contribution in [1.29, 1.82) is 0 Å². The largest absolute Gasteiger partial charge is 0.477 e. The number of hydrogen-bond donors (Lipinski definition) is 2. The zero-order valence-corrected chi connectivity index (χ0v) is 11.4. The van der Waals surface area contributed by atoms with Gasteiger partial charge >= 0.3 is 5.97 Å². The Morgan fingerprint density at radius 1 is 1.24 bits per heavy atom. The van der Waals surface area contributed by atoms with Crippen LogP contribution in [0.1, 0.15) is 32.0 Å². The Hall–Kier alpha value is -2.89. The molecule has 1 aromatic heterocycles. The molecule has 6 heteroatoms. The number of carbonyl (C=O) groups excluding carboxylic acids is 1. The maximum atomic E-state index is 11.6. The monoisotopic (exact) mass is 286 g/mol. The SMILES string of the molecule is Cc1cc(=O)c(C(=O)O)cn1Cc1ccc(C(N)=O)cc1. The van der Waals surface area contributed by atoms with E-state index in [1.54, 1.807) is 35.8 Å². The van der Waals surface area contributed by atoms with E-state index in [1.165, 1.54) is 12.3 Å². The van der Waals surface area contributed by atoms with Gasteiger partial charge in [0.25, 0.3) is 0 Å². The second-order valence-electron chi connectivity index (χ2n) is 4.69. The van der Waals surface area contributed by atoms with Crippen LogP contribution in [-0.4, -0.2) is 21.6 Å². The van der Waals surface area contributed by atoms with Gasteiger partial charge in [0, 0.05) is 30.1 Å². The first kappa shape index (κ1) is 14.5. The van der Waals surface area contributed by atoms with Crippen LogP contribution in [0.2, 0.25) is 0 Å². The van der Waals surface area contributed by atoms with Crippen LogP contribution in [0.15, 0.2) is 41.3 Å². The minimum atomic E-state index is -1.25. The summed E-state index contributed by atoms with van der Waals surface area (Å²) in [5, 5.41) is 8.98. The van der Waals surface area contributed by atoms with Gasteiger partial charge in [-0.15, -0.1) is 0 Å². The fourth-order valence-electron chi connectivity index (χ4n) is 1.97. The van der Waals surface area contributed by atoms with Gasteiger partial charge in [0.2, 0.25) is 5.91 Å². The number of aryl methyl sites for hydroxylation is 1. The van der Waals surface area contributed by atoms with E-state index in [1.807, 2.05) is 0 Å². The van der Waals surface area contributed by atoms with E-state index < -0.39 is 17.3 Å². The number of nitrogens with two attached hydrogens (primary N) is 1. The molecule has 0 aliphatic rings. The smallest absolute Gasteiger partial charge is 0.341 e. The van der Waals surface area contributed by atoms with Gasteiger partial charge in [-0.05, 0) is 24.6 Å². The molecule has 3 N–H and O–H groups in total. The van der Waals surface area contributed by atoms with Gasteiger partial charge in [0.1, 0.15) is 5.56 Å². The highest BCUT2D eigenvalue weighted by Gasteiger charge is 2.11. The van der Waals surface area contributed by atoms with Crippen molar-refractivity contribution in [3.05, 3.63) is 69.1 Å². The molecule has 0 aliphatic carbocycles. The minimum Gasteiger partial charge on any atom is -0.477 e. The summed E-state index contributed by atoms with van der Waals surface area (Å²) in [5.74, 6) is -1.76. The number of carboxylic acids is 1. The molecule has 6 nitrogen and oxygen atoms in total. The van der Waals surface area contributed by atoms with E-state index in [2.05, 4.69) is 0 Å². The van der Waals surface area contributed by atoms with Crippen molar-refractivity contribution in [2.45, 2.75) is 13.5 Å². The van der Waals surface area contributed by atoms with Gasteiger partial charge < -0.3 is 15.4 Å². The number of carbonyl (C=O) groups is 2. The quantitative estimate of drug-likeness (QED) is 0.875. The molecule has 0 fully saturated rings. The Labute approximate surface area is 120 Å². The summed E-state index contributed by atoms with van der Waals surface area (Å²) in [6.45, 7) is 2.12. The third-order valence-corrected chi connectivity index (χ3v) is 3.17. The summed E-state index contributed by atoms with van der Waals surface area (Å²) in [6, 6.07) is 7.97. The number of carboxylic acid groups (broad SMARTS) is 1. The number of nitrogens with zero attached hydrogens (tertiary/aromatic N) is 1. The van der Waals surface area contributed by atoms with Crippen LogP contribution in [0.25, 0.3) is 0 Å². The van der Waals surface area contributed by atoms with Crippen molar-refractivity contribution >= 4 is 11.9 Å². The number of amides is 1. The topological polar surface area (TPSA) is 102 Å². The van der Waals surface area contributed by atoms with Gasteiger partial charge in [-0.25, -0.2) is 4.79 Å². The first-order chi connectivity index (χ1) is 9.88. The van der Waals surface area contributed by atoms with Crippen molar-refractivity contribution in [3.63, 3.8) is 0 Å². The Morgan fingerprint density at radius 2 is 1.86 bits per heavy atom. The summed E-state index contributed by atoms with van der Waals surface area (Å²) in [4.78, 5) is 33.6. The van der Waals surface area contributed by atoms with E-state index in [9.17, 15) is 14.4 Å². The standard InChI is InChI=1S/C15H14N2O4/c1-9-6-13(18)12(15(20)21)8-17(9)7-10-2-4-11(5-3-10)14(16)19/h2-6,8H,7H2,1H3,(H2,16,19)(H,20,21). The van der Waals surface area contributed by atoms with E-state index in [4.69, 9.17) is 10.8 Å². The number of aromatic nitrogens is 1. The number of benzene rings is 1. The van der Waals surface area contributed by atoms with Crippen LogP contribution in [0.4, 0.5) is 0 Å². The van der Waals surface area contributed by atoms with Crippen LogP contribution >= 0.6 is 0 Å². The third-order valence-electron chi connectivity index (χ3n) is 3.17. The van der Waals surface area contributed by atoms with E-state index in [0.717, 1.165) is 5.56 Å².